The van der Waals surface area contributed by atoms with Crippen LogP contribution in [-0.4, -0.2) is 21.8 Å². The zero-order chi connectivity index (χ0) is 13.4. The molecule has 100 valence electrons. The fourth-order valence-corrected chi connectivity index (χ4v) is 3.40. The SMILES string of the molecule is COc1cc(C2(N)CCCC2)ccc1S(C)(=O)=O. The van der Waals surface area contributed by atoms with E-state index < -0.39 is 9.84 Å². The van der Waals surface area contributed by atoms with Crippen molar-refractivity contribution in [1.82, 2.24) is 0 Å². The molecule has 1 fully saturated rings. The summed E-state index contributed by atoms with van der Waals surface area (Å²) in [6.45, 7) is 0. The van der Waals surface area contributed by atoms with Gasteiger partial charge in [-0.3, -0.25) is 0 Å². The highest BCUT2D eigenvalue weighted by Crippen LogP contribution is 2.38. The van der Waals surface area contributed by atoms with Crippen LogP contribution in [0.15, 0.2) is 23.1 Å². The molecule has 0 bridgehead atoms. The van der Waals surface area contributed by atoms with Crippen molar-refractivity contribution in [1.29, 1.82) is 0 Å². The van der Waals surface area contributed by atoms with Crippen LogP contribution < -0.4 is 10.5 Å². The van der Waals surface area contributed by atoms with E-state index >= 15 is 0 Å². The van der Waals surface area contributed by atoms with Gasteiger partial charge in [0.1, 0.15) is 10.6 Å². The predicted molar refractivity (Wildman–Crippen MR) is 70.4 cm³/mol. The van der Waals surface area contributed by atoms with E-state index in [2.05, 4.69) is 0 Å². The summed E-state index contributed by atoms with van der Waals surface area (Å²) in [4.78, 5) is 0.218. The second-order valence-electron chi connectivity index (χ2n) is 5.00. The summed E-state index contributed by atoms with van der Waals surface area (Å²) in [5.74, 6) is 0.381. The average molecular weight is 269 g/mol. The van der Waals surface area contributed by atoms with Gasteiger partial charge in [0.15, 0.2) is 9.84 Å². The summed E-state index contributed by atoms with van der Waals surface area (Å²) in [6, 6.07) is 5.17. The molecule has 2 N–H and O–H groups in total. The Morgan fingerprint density at radius 3 is 2.39 bits per heavy atom. The van der Waals surface area contributed by atoms with Crippen LogP contribution in [0.3, 0.4) is 0 Å². The lowest BCUT2D eigenvalue weighted by molar-refractivity contribution is 0.397. The van der Waals surface area contributed by atoms with Gasteiger partial charge in [0, 0.05) is 11.8 Å². The van der Waals surface area contributed by atoms with E-state index in [0.29, 0.717) is 5.75 Å². The number of benzene rings is 1. The largest absolute Gasteiger partial charge is 0.495 e. The molecule has 1 saturated carbocycles. The quantitative estimate of drug-likeness (QED) is 0.909. The molecule has 0 saturated heterocycles. The molecule has 5 heteroatoms. The lowest BCUT2D eigenvalue weighted by Crippen LogP contribution is -2.33. The zero-order valence-corrected chi connectivity index (χ0v) is 11.6. The molecule has 0 unspecified atom stereocenters. The molecular weight excluding hydrogens is 250 g/mol. The monoisotopic (exact) mass is 269 g/mol. The first kappa shape index (κ1) is 13.4. The summed E-state index contributed by atoms with van der Waals surface area (Å²) in [7, 11) is -1.79. The second-order valence-corrected chi connectivity index (χ2v) is 6.99. The lowest BCUT2D eigenvalue weighted by Gasteiger charge is -2.25. The Kier molecular flexibility index (Phi) is 3.38. The number of hydrogen-bond donors (Lipinski definition) is 1. The van der Waals surface area contributed by atoms with Crippen LogP contribution in [0.1, 0.15) is 31.2 Å². The Hall–Kier alpha value is -1.07. The van der Waals surface area contributed by atoms with E-state index in [4.69, 9.17) is 10.5 Å². The number of ether oxygens (including phenoxy) is 1. The second kappa shape index (κ2) is 4.55. The van der Waals surface area contributed by atoms with E-state index in [-0.39, 0.29) is 10.4 Å². The molecular formula is C13H19NO3S. The fraction of sp³-hybridized carbons (Fsp3) is 0.538. The Bertz CT molecular complexity index is 545. The molecule has 1 aromatic carbocycles. The summed E-state index contributed by atoms with van der Waals surface area (Å²) in [6.07, 6.45) is 5.29. The van der Waals surface area contributed by atoms with Gasteiger partial charge in [-0.2, -0.15) is 0 Å². The third-order valence-corrected chi connectivity index (χ3v) is 4.77. The first-order chi connectivity index (χ1) is 8.37. The molecule has 0 radical (unpaired) electrons. The highest BCUT2D eigenvalue weighted by atomic mass is 32.2. The maximum atomic E-state index is 11.6. The van der Waals surface area contributed by atoms with Crippen LogP contribution in [-0.2, 0) is 15.4 Å². The van der Waals surface area contributed by atoms with Crippen molar-refractivity contribution in [2.45, 2.75) is 36.1 Å². The average Bonchev–Trinajstić information content (AvgIpc) is 2.75. The van der Waals surface area contributed by atoms with Crippen molar-refractivity contribution in [3.05, 3.63) is 23.8 Å². The van der Waals surface area contributed by atoms with Crippen molar-refractivity contribution in [2.24, 2.45) is 5.73 Å². The molecule has 0 aliphatic heterocycles. The van der Waals surface area contributed by atoms with Gasteiger partial charge in [0.25, 0.3) is 0 Å². The first-order valence-electron chi connectivity index (χ1n) is 6.04. The van der Waals surface area contributed by atoms with Crippen LogP contribution in [0.25, 0.3) is 0 Å². The van der Waals surface area contributed by atoms with Crippen molar-refractivity contribution < 1.29 is 13.2 Å². The molecule has 2 rings (SSSR count). The normalized spacial score (nSPS) is 18.8. The molecule has 18 heavy (non-hydrogen) atoms. The van der Waals surface area contributed by atoms with Crippen molar-refractivity contribution in [2.75, 3.05) is 13.4 Å². The predicted octanol–water partition coefficient (Wildman–Crippen LogP) is 1.83. The molecule has 0 amide bonds. The summed E-state index contributed by atoms with van der Waals surface area (Å²) < 4.78 is 28.4. The van der Waals surface area contributed by atoms with Crippen LogP contribution in [0.2, 0.25) is 0 Å². The van der Waals surface area contributed by atoms with Crippen LogP contribution >= 0.6 is 0 Å². The van der Waals surface area contributed by atoms with Gasteiger partial charge in [0.05, 0.1) is 7.11 Å². The number of methoxy groups -OCH3 is 1. The van der Waals surface area contributed by atoms with E-state index in [9.17, 15) is 8.42 Å². The van der Waals surface area contributed by atoms with Crippen LogP contribution in [0, 0.1) is 0 Å². The van der Waals surface area contributed by atoms with E-state index in [0.717, 1.165) is 31.2 Å². The zero-order valence-electron chi connectivity index (χ0n) is 10.8. The highest BCUT2D eigenvalue weighted by molar-refractivity contribution is 7.90. The fourth-order valence-electron chi connectivity index (χ4n) is 2.58. The van der Waals surface area contributed by atoms with E-state index in [1.165, 1.54) is 13.4 Å². The van der Waals surface area contributed by atoms with Crippen molar-refractivity contribution in [3.8, 4) is 5.75 Å². The van der Waals surface area contributed by atoms with Crippen molar-refractivity contribution >= 4 is 9.84 Å². The minimum absolute atomic E-state index is 0.218. The van der Waals surface area contributed by atoms with Gasteiger partial charge in [-0.05, 0) is 30.5 Å². The van der Waals surface area contributed by atoms with Gasteiger partial charge in [-0.1, -0.05) is 18.9 Å². The lowest BCUT2D eigenvalue weighted by atomic mass is 9.89. The van der Waals surface area contributed by atoms with Gasteiger partial charge in [-0.15, -0.1) is 0 Å². The number of rotatable bonds is 3. The third-order valence-electron chi connectivity index (χ3n) is 3.63. The smallest absolute Gasteiger partial charge is 0.179 e. The summed E-state index contributed by atoms with van der Waals surface area (Å²) >= 11 is 0. The molecule has 0 spiro atoms. The first-order valence-corrected chi connectivity index (χ1v) is 7.93. The third kappa shape index (κ3) is 2.37. The van der Waals surface area contributed by atoms with Crippen molar-refractivity contribution in [3.63, 3.8) is 0 Å². The van der Waals surface area contributed by atoms with Gasteiger partial charge in [0.2, 0.25) is 0 Å². The minimum Gasteiger partial charge on any atom is -0.495 e. The Morgan fingerprint density at radius 1 is 1.28 bits per heavy atom. The highest BCUT2D eigenvalue weighted by Gasteiger charge is 2.32. The van der Waals surface area contributed by atoms with Gasteiger partial charge < -0.3 is 10.5 Å². The molecule has 4 nitrogen and oxygen atoms in total. The topological polar surface area (TPSA) is 69.4 Å². The molecule has 1 aliphatic carbocycles. The molecule has 0 heterocycles. The maximum Gasteiger partial charge on any atom is 0.179 e. The molecule has 0 atom stereocenters. The number of hydrogen-bond acceptors (Lipinski definition) is 4. The Labute approximate surface area is 108 Å². The summed E-state index contributed by atoms with van der Waals surface area (Å²) in [5, 5.41) is 0. The maximum absolute atomic E-state index is 11.6. The van der Waals surface area contributed by atoms with Crippen LogP contribution in [0.4, 0.5) is 0 Å². The summed E-state index contributed by atoms with van der Waals surface area (Å²) in [5.41, 5.74) is 6.99. The van der Waals surface area contributed by atoms with Gasteiger partial charge >= 0.3 is 0 Å². The molecule has 0 aromatic heterocycles. The Morgan fingerprint density at radius 2 is 1.89 bits per heavy atom. The molecule has 1 aliphatic rings. The Balaban J connectivity index is 2.48. The van der Waals surface area contributed by atoms with E-state index in [1.54, 1.807) is 12.1 Å². The number of nitrogens with two attached hydrogens (primary N) is 1. The van der Waals surface area contributed by atoms with Crippen LogP contribution in [0.5, 0.6) is 5.75 Å². The molecule has 1 aromatic rings. The standard InChI is InChI=1S/C13H19NO3S/c1-17-11-9-10(13(14)7-3-4-8-13)5-6-12(11)18(2,15)16/h5-6,9H,3-4,7-8,14H2,1-2H3. The van der Waals surface area contributed by atoms with E-state index in [1.807, 2.05) is 6.07 Å². The minimum atomic E-state index is -3.27. The number of sulfone groups is 1. The van der Waals surface area contributed by atoms with Gasteiger partial charge in [-0.25, -0.2) is 8.42 Å².